The first-order valence-electron chi connectivity index (χ1n) is 6.34. The Morgan fingerprint density at radius 2 is 2.00 bits per heavy atom. The number of amides is 1. The number of anilines is 1. The number of oxazole rings is 1. The van der Waals surface area contributed by atoms with Gasteiger partial charge in [0.2, 0.25) is 0 Å². The summed E-state index contributed by atoms with van der Waals surface area (Å²) < 4.78 is 5.37. The standard InChI is InChI=1S/C16H11N3O2/c1-10-18-14-8-12(4-7-15(14)21-10)16(20)19-13-5-2-11(9-17)3-6-13/h2-8H,1H3,(H,19,20). The molecule has 0 fully saturated rings. The van der Waals surface area contributed by atoms with Gasteiger partial charge >= 0.3 is 0 Å². The van der Waals surface area contributed by atoms with Crippen molar-refractivity contribution < 1.29 is 9.21 Å². The van der Waals surface area contributed by atoms with Crippen molar-refractivity contribution in [3.63, 3.8) is 0 Å². The second-order valence-corrected chi connectivity index (χ2v) is 4.56. The van der Waals surface area contributed by atoms with Crippen molar-refractivity contribution >= 4 is 22.7 Å². The van der Waals surface area contributed by atoms with E-state index in [0.717, 1.165) is 0 Å². The van der Waals surface area contributed by atoms with Gasteiger partial charge in [0.1, 0.15) is 5.52 Å². The van der Waals surface area contributed by atoms with Gasteiger partial charge in [-0.15, -0.1) is 0 Å². The van der Waals surface area contributed by atoms with Crippen LogP contribution in [0.15, 0.2) is 46.9 Å². The van der Waals surface area contributed by atoms with Crippen molar-refractivity contribution in [1.82, 2.24) is 4.98 Å². The van der Waals surface area contributed by atoms with Crippen molar-refractivity contribution in [3.05, 3.63) is 59.5 Å². The smallest absolute Gasteiger partial charge is 0.255 e. The monoisotopic (exact) mass is 277 g/mol. The normalized spacial score (nSPS) is 10.3. The molecular weight excluding hydrogens is 266 g/mol. The Balaban J connectivity index is 1.84. The number of aromatic nitrogens is 1. The van der Waals surface area contributed by atoms with Crippen LogP contribution in [-0.4, -0.2) is 10.9 Å². The van der Waals surface area contributed by atoms with Crippen LogP contribution in [0.25, 0.3) is 11.1 Å². The number of nitriles is 1. The Kier molecular flexibility index (Phi) is 3.13. The zero-order valence-corrected chi connectivity index (χ0v) is 11.3. The van der Waals surface area contributed by atoms with Crippen LogP contribution in [0.3, 0.4) is 0 Å². The van der Waals surface area contributed by atoms with E-state index in [1.54, 1.807) is 49.4 Å². The average molecular weight is 277 g/mol. The average Bonchev–Trinajstić information content (AvgIpc) is 2.87. The topological polar surface area (TPSA) is 78.9 Å². The molecule has 1 aromatic heterocycles. The molecule has 5 nitrogen and oxygen atoms in total. The summed E-state index contributed by atoms with van der Waals surface area (Å²) >= 11 is 0. The van der Waals surface area contributed by atoms with Crippen LogP contribution in [0.2, 0.25) is 0 Å². The van der Waals surface area contributed by atoms with Gasteiger partial charge in [-0.2, -0.15) is 5.26 Å². The summed E-state index contributed by atoms with van der Waals surface area (Å²) in [5.74, 6) is 0.330. The number of hydrogen-bond donors (Lipinski definition) is 1. The van der Waals surface area contributed by atoms with E-state index >= 15 is 0 Å². The molecule has 0 aliphatic carbocycles. The first-order chi connectivity index (χ1) is 10.2. The number of hydrogen-bond acceptors (Lipinski definition) is 4. The van der Waals surface area contributed by atoms with Crippen molar-refractivity contribution in [1.29, 1.82) is 5.26 Å². The zero-order chi connectivity index (χ0) is 14.8. The highest BCUT2D eigenvalue weighted by molar-refractivity contribution is 6.05. The molecule has 0 atom stereocenters. The molecule has 3 aromatic rings. The largest absolute Gasteiger partial charge is 0.441 e. The van der Waals surface area contributed by atoms with Gasteiger partial charge in [0.25, 0.3) is 5.91 Å². The molecule has 0 saturated carbocycles. The minimum atomic E-state index is -0.234. The van der Waals surface area contributed by atoms with E-state index in [4.69, 9.17) is 9.68 Å². The van der Waals surface area contributed by atoms with Crippen LogP contribution in [0, 0.1) is 18.3 Å². The third-order valence-corrected chi connectivity index (χ3v) is 3.03. The highest BCUT2D eigenvalue weighted by Gasteiger charge is 2.09. The van der Waals surface area contributed by atoms with Crippen LogP contribution in [0.5, 0.6) is 0 Å². The summed E-state index contributed by atoms with van der Waals surface area (Å²) in [4.78, 5) is 16.4. The van der Waals surface area contributed by atoms with Crippen molar-refractivity contribution in [3.8, 4) is 6.07 Å². The summed E-state index contributed by atoms with van der Waals surface area (Å²) in [5, 5.41) is 11.5. The molecule has 0 aliphatic rings. The third kappa shape index (κ3) is 2.60. The van der Waals surface area contributed by atoms with Crippen LogP contribution < -0.4 is 5.32 Å². The summed E-state index contributed by atoms with van der Waals surface area (Å²) in [5.41, 5.74) is 2.99. The van der Waals surface area contributed by atoms with Crippen LogP contribution in [-0.2, 0) is 0 Å². The highest BCUT2D eigenvalue weighted by atomic mass is 16.3. The molecular formula is C16H11N3O2. The Morgan fingerprint density at radius 1 is 1.24 bits per heavy atom. The fourth-order valence-corrected chi connectivity index (χ4v) is 2.02. The van der Waals surface area contributed by atoms with Crippen molar-refractivity contribution in [2.24, 2.45) is 0 Å². The summed E-state index contributed by atoms with van der Waals surface area (Å²) in [6, 6.07) is 13.8. The van der Waals surface area contributed by atoms with Crippen molar-refractivity contribution in [2.75, 3.05) is 5.32 Å². The minimum Gasteiger partial charge on any atom is -0.441 e. The molecule has 0 aliphatic heterocycles. The first-order valence-corrected chi connectivity index (χ1v) is 6.34. The number of fused-ring (bicyclic) bond motifs is 1. The molecule has 102 valence electrons. The highest BCUT2D eigenvalue weighted by Crippen LogP contribution is 2.18. The summed E-state index contributed by atoms with van der Waals surface area (Å²) in [6.07, 6.45) is 0. The van der Waals surface area contributed by atoms with Gasteiger partial charge in [-0.1, -0.05) is 0 Å². The predicted molar refractivity (Wildman–Crippen MR) is 77.9 cm³/mol. The van der Waals surface area contributed by atoms with Crippen LogP contribution in [0.4, 0.5) is 5.69 Å². The van der Waals surface area contributed by atoms with Gasteiger partial charge in [-0.25, -0.2) is 4.98 Å². The van der Waals surface area contributed by atoms with Crippen LogP contribution >= 0.6 is 0 Å². The Labute approximate surface area is 120 Å². The van der Waals surface area contributed by atoms with Gasteiger partial charge in [-0.3, -0.25) is 4.79 Å². The second kappa shape index (κ2) is 5.10. The molecule has 0 spiro atoms. The molecule has 0 saturated heterocycles. The SMILES string of the molecule is Cc1nc2cc(C(=O)Nc3ccc(C#N)cc3)ccc2o1. The number of aryl methyl sites for hydroxylation is 1. The number of carbonyl (C=O) groups is 1. The van der Waals surface area contributed by atoms with Gasteiger partial charge in [0, 0.05) is 18.2 Å². The molecule has 2 aromatic carbocycles. The van der Waals surface area contributed by atoms with E-state index in [-0.39, 0.29) is 5.91 Å². The van der Waals surface area contributed by atoms with Crippen molar-refractivity contribution in [2.45, 2.75) is 6.92 Å². The second-order valence-electron chi connectivity index (χ2n) is 4.56. The number of nitrogens with zero attached hydrogens (tertiary/aromatic N) is 2. The third-order valence-electron chi connectivity index (χ3n) is 3.03. The fraction of sp³-hybridized carbons (Fsp3) is 0.0625. The quantitative estimate of drug-likeness (QED) is 0.779. The summed E-state index contributed by atoms with van der Waals surface area (Å²) in [6.45, 7) is 1.76. The molecule has 0 bridgehead atoms. The first kappa shape index (κ1) is 12.9. The number of carbonyl (C=O) groups excluding carboxylic acids is 1. The van der Waals surface area contributed by atoms with Crippen LogP contribution in [0.1, 0.15) is 21.8 Å². The number of benzene rings is 2. The fourth-order valence-electron chi connectivity index (χ4n) is 2.02. The maximum atomic E-state index is 12.2. The predicted octanol–water partition coefficient (Wildman–Crippen LogP) is 3.26. The Hall–Kier alpha value is -3.13. The number of nitrogens with one attached hydrogen (secondary N) is 1. The lowest BCUT2D eigenvalue weighted by Gasteiger charge is -2.05. The minimum absolute atomic E-state index is 0.234. The Morgan fingerprint density at radius 3 is 2.71 bits per heavy atom. The lowest BCUT2D eigenvalue weighted by Crippen LogP contribution is -2.11. The molecule has 21 heavy (non-hydrogen) atoms. The molecule has 1 N–H and O–H groups in total. The summed E-state index contributed by atoms with van der Waals surface area (Å²) in [7, 11) is 0. The zero-order valence-electron chi connectivity index (χ0n) is 11.3. The maximum absolute atomic E-state index is 12.2. The van der Waals surface area contributed by atoms with E-state index in [0.29, 0.717) is 33.8 Å². The lowest BCUT2D eigenvalue weighted by molar-refractivity contribution is 0.102. The van der Waals surface area contributed by atoms with Gasteiger partial charge in [0.05, 0.1) is 11.6 Å². The number of rotatable bonds is 2. The van der Waals surface area contributed by atoms with E-state index in [2.05, 4.69) is 10.3 Å². The molecule has 1 amide bonds. The van der Waals surface area contributed by atoms with E-state index in [1.807, 2.05) is 6.07 Å². The van der Waals surface area contributed by atoms with E-state index in [9.17, 15) is 4.79 Å². The van der Waals surface area contributed by atoms with Gasteiger partial charge in [-0.05, 0) is 42.5 Å². The van der Waals surface area contributed by atoms with E-state index < -0.39 is 0 Å². The molecule has 3 rings (SSSR count). The molecule has 0 radical (unpaired) electrons. The van der Waals surface area contributed by atoms with E-state index in [1.165, 1.54) is 0 Å². The maximum Gasteiger partial charge on any atom is 0.255 e. The van der Waals surface area contributed by atoms with Gasteiger partial charge < -0.3 is 9.73 Å². The van der Waals surface area contributed by atoms with Gasteiger partial charge in [0.15, 0.2) is 11.5 Å². The lowest BCUT2D eigenvalue weighted by atomic mass is 10.1. The molecule has 5 heteroatoms. The Bertz CT molecular complexity index is 857. The molecule has 1 heterocycles. The molecule has 0 unspecified atom stereocenters.